The van der Waals surface area contributed by atoms with Crippen LogP contribution in [0.5, 0.6) is 0 Å². The van der Waals surface area contributed by atoms with Gasteiger partial charge in [-0.3, -0.25) is 14.5 Å². The van der Waals surface area contributed by atoms with E-state index < -0.39 is 0 Å². The van der Waals surface area contributed by atoms with Gasteiger partial charge in [-0.05, 0) is 17.5 Å². The number of hydrogen-bond donors (Lipinski definition) is 2. The summed E-state index contributed by atoms with van der Waals surface area (Å²) in [5.74, 6) is 5.36. The van der Waals surface area contributed by atoms with Crippen molar-refractivity contribution in [1.82, 2.24) is 9.88 Å². The molecule has 2 heterocycles. The van der Waals surface area contributed by atoms with Gasteiger partial charge in [0.05, 0.1) is 24.1 Å². The normalized spacial score (nSPS) is 27.4. The molecular formula is C13H16N4O2. The van der Waals surface area contributed by atoms with Crippen LogP contribution in [0, 0.1) is 17.3 Å². The summed E-state index contributed by atoms with van der Waals surface area (Å²) in [5.41, 5.74) is 2.93. The molecule has 3 N–H and O–H groups in total. The molecule has 0 bridgehead atoms. The Morgan fingerprint density at radius 2 is 1.95 bits per heavy atom. The van der Waals surface area contributed by atoms with Crippen LogP contribution in [0.4, 0.5) is 5.82 Å². The van der Waals surface area contributed by atoms with E-state index in [0.29, 0.717) is 11.5 Å². The van der Waals surface area contributed by atoms with Gasteiger partial charge >= 0.3 is 0 Å². The first-order valence-electron chi connectivity index (χ1n) is 6.24. The minimum atomic E-state index is -0.168. The number of nitrogens with zero attached hydrogens (tertiary/aromatic N) is 2. The smallest absolute Gasteiger partial charge is 0.234 e. The molecule has 0 radical (unpaired) electrons. The Hall–Kier alpha value is -1.95. The van der Waals surface area contributed by atoms with E-state index >= 15 is 0 Å². The number of nitrogens with two attached hydrogens (primary N) is 1. The van der Waals surface area contributed by atoms with Crippen molar-refractivity contribution in [2.24, 2.45) is 23.1 Å². The van der Waals surface area contributed by atoms with E-state index in [0.717, 1.165) is 0 Å². The highest BCUT2D eigenvalue weighted by Gasteiger charge is 2.72. The monoisotopic (exact) mass is 260 g/mol. The van der Waals surface area contributed by atoms with Crippen LogP contribution in [0.15, 0.2) is 18.2 Å². The number of aromatic nitrogens is 1. The van der Waals surface area contributed by atoms with E-state index in [1.807, 2.05) is 13.8 Å². The molecule has 1 aromatic rings. The fourth-order valence-electron chi connectivity index (χ4n) is 2.97. The van der Waals surface area contributed by atoms with Gasteiger partial charge in [0.1, 0.15) is 5.82 Å². The summed E-state index contributed by atoms with van der Waals surface area (Å²) >= 11 is 0. The Morgan fingerprint density at radius 1 is 1.32 bits per heavy atom. The molecule has 3 rings (SSSR count). The number of rotatable bonds is 3. The number of hydrogen-bond acceptors (Lipinski definition) is 5. The Labute approximate surface area is 111 Å². The van der Waals surface area contributed by atoms with Crippen molar-refractivity contribution in [2.75, 3.05) is 5.43 Å². The lowest BCUT2D eigenvalue weighted by Gasteiger charge is -2.20. The lowest BCUT2D eigenvalue weighted by atomic mass is 10.1. The third kappa shape index (κ3) is 1.63. The molecule has 1 aliphatic heterocycles. The van der Waals surface area contributed by atoms with Crippen molar-refractivity contribution < 1.29 is 9.59 Å². The van der Waals surface area contributed by atoms with Crippen LogP contribution in [-0.4, -0.2) is 21.7 Å². The first kappa shape index (κ1) is 12.1. The predicted octanol–water partition coefficient (Wildman–Crippen LogP) is 0.508. The van der Waals surface area contributed by atoms with Gasteiger partial charge in [0.15, 0.2) is 0 Å². The number of pyridine rings is 1. The summed E-state index contributed by atoms with van der Waals surface area (Å²) in [4.78, 5) is 29.9. The van der Waals surface area contributed by atoms with Gasteiger partial charge in [0.2, 0.25) is 11.8 Å². The summed E-state index contributed by atoms with van der Waals surface area (Å²) < 4.78 is 0. The molecule has 100 valence electrons. The van der Waals surface area contributed by atoms with Gasteiger partial charge in [0, 0.05) is 0 Å². The number of hydrazine groups is 1. The minimum Gasteiger partial charge on any atom is -0.308 e. The Bertz CT molecular complexity index is 546. The van der Waals surface area contributed by atoms with Crippen LogP contribution < -0.4 is 11.3 Å². The van der Waals surface area contributed by atoms with Crippen molar-refractivity contribution in [2.45, 2.75) is 20.4 Å². The molecule has 2 atom stereocenters. The van der Waals surface area contributed by atoms with Gasteiger partial charge in [-0.25, -0.2) is 10.8 Å². The molecule has 0 spiro atoms. The van der Waals surface area contributed by atoms with E-state index in [2.05, 4.69) is 10.4 Å². The summed E-state index contributed by atoms with van der Waals surface area (Å²) in [6.45, 7) is 4.15. The van der Waals surface area contributed by atoms with E-state index in [1.165, 1.54) is 4.90 Å². The largest absolute Gasteiger partial charge is 0.308 e. The standard InChI is InChI=1S/C13H16N4O2/c1-13(2)9-10(13)12(19)17(11(9)18)6-7-4-3-5-8(15-7)16-14/h3-5,9-10H,6,14H2,1-2H3,(H,15,16). The molecule has 2 unspecified atom stereocenters. The topological polar surface area (TPSA) is 88.3 Å². The number of carbonyl (C=O) groups is 2. The molecule has 2 amide bonds. The van der Waals surface area contributed by atoms with Crippen LogP contribution in [0.3, 0.4) is 0 Å². The third-order valence-corrected chi connectivity index (χ3v) is 4.17. The number of likely N-dealkylation sites (tertiary alicyclic amines) is 1. The fourth-order valence-corrected chi connectivity index (χ4v) is 2.97. The average molecular weight is 260 g/mol. The van der Waals surface area contributed by atoms with E-state index in [9.17, 15) is 9.59 Å². The number of piperidine rings is 1. The second-order valence-electron chi connectivity index (χ2n) is 5.70. The molecule has 2 aliphatic rings. The fraction of sp³-hybridized carbons (Fsp3) is 0.462. The molecule has 0 aromatic carbocycles. The number of carbonyl (C=O) groups excluding carboxylic acids is 2. The van der Waals surface area contributed by atoms with Crippen molar-refractivity contribution in [1.29, 1.82) is 0 Å². The van der Waals surface area contributed by atoms with Gasteiger partial charge in [-0.2, -0.15) is 0 Å². The zero-order chi connectivity index (χ0) is 13.8. The van der Waals surface area contributed by atoms with Crippen LogP contribution in [0.25, 0.3) is 0 Å². The molecular weight excluding hydrogens is 244 g/mol. The van der Waals surface area contributed by atoms with Crippen LogP contribution in [0.1, 0.15) is 19.5 Å². The number of nitrogen functional groups attached to an aromatic ring is 1. The van der Waals surface area contributed by atoms with Gasteiger partial charge < -0.3 is 5.43 Å². The Kier molecular flexibility index (Phi) is 2.40. The molecule has 6 nitrogen and oxygen atoms in total. The summed E-state index contributed by atoms with van der Waals surface area (Å²) in [5, 5.41) is 0. The minimum absolute atomic E-state index is 0.0760. The van der Waals surface area contributed by atoms with Crippen molar-refractivity contribution in [3.8, 4) is 0 Å². The first-order chi connectivity index (χ1) is 8.96. The zero-order valence-corrected chi connectivity index (χ0v) is 10.9. The average Bonchev–Trinajstić information content (AvgIpc) is 2.86. The van der Waals surface area contributed by atoms with Crippen molar-refractivity contribution in [3.63, 3.8) is 0 Å². The van der Waals surface area contributed by atoms with Gasteiger partial charge in [-0.1, -0.05) is 19.9 Å². The van der Waals surface area contributed by atoms with Crippen LogP contribution in [-0.2, 0) is 16.1 Å². The maximum Gasteiger partial charge on any atom is 0.234 e. The number of anilines is 1. The van der Waals surface area contributed by atoms with E-state index in [1.54, 1.807) is 18.2 Å². The second-order valence-corrected chi connectivity index (χ2v) is 5.70. The van der Waals surface area contributed by atoms with Crippen LogP contribution >= 0.6 is 0 Å². The molecule has 1 aliphatic carbocycles. The molecule has 1 saturated carbocycles. The third-order valence-electron chi connectivity index (χ3n) is 4.17. The number of nitrogens with one attached hydrogen (secondary N) is 1. The Balaban J connectivity index is 1.79. The zero-order valence-electron chi connectivity index (χ0n) is 10.9. The molecule has 6 heteroatoms. The summed E-state index contributed by atoms with van der Waals surface area (Å²) in [6.07, 6.45) is 0. The van der Waals surface area contributed by atoms with E-state index in [-0.39, 0.29) is 35.6 Å². The van der Waals surface area contributed by atoms with Crippen molar-refractivity contribution in [3.05, 3.63) is 23.9 Å². The molecule has 2 fully saturated rings. The lowest BCUT2D eigenvalue weighted by Crippen LogP contribution is -2.36. The quantitative estimate of drug-likeness (QED) is 0.469. The highest BCUT2D eigenvalue weighted by molar-refractivity contribution is 6.10. The molecule has 1 saturated heterocycles. The Morgan fingerprint density at radius 3 is 2.53 bits per heavy atom. The highest BCUT2D eigenvalue weighted by atomic mass is 16.2. The van der Waals surface area contributed by atoms with Crippen LogP contribution in [0.2, 0.25) is 0 Å². The summed E-state index contributed by atoms with van der Waals surface area (Å²) in [6, 6.07) is 5.28. The molecule has 19 heavy (non-hydrogen) atoms. The van der Waals surface area contributed by atoms with Gasteiger partial charge in [-0.15, -0.1) is 0 Å². The summed E-state index contributed by atoms with van der Waals surface area (Å²) in [7, 11) is 0. The van der Waals surface area contributed by atoms with E-state index in [4.69, 9.17) is 5.84 Å². The maximum absolute atomic E-state index is 12.2. The SMILES string of the molecule is CC1(C)C2C(=O)N(Cc3cccc(NN)n3)C(=O)C21. The number of imide groups is 1. The second kappa shape index (κ2) is 3.77. The first-order valence-corrected chi connectivity index (χ1v) is 6.24. The highest BCUT2D eigenvalue weighted by Crippen LogP contribution is 2.63. The predicted molar refractivity (Wildman–Crippen MR) is 68.4 cm³/mol. The maximum atomic E-state index is 12.2. The van der Waals surface area contributed by atoms with Gasteiger partial charge in [0.25, 0.3) is 0 Å². The number of fused-ring (bicyclic) bond motifs is 1. The lowest BCUT2D eigenvalue weighted by molar-refractivity contribution is -0.143. The van der Waals surface area contributed by atoms with Crippen molar-refractivity contribution >= 4 is 17.6 Å². The molecule has 1 aromatic heterocycles. The number of amides is 2.